The predicted octanol–water partition coefficient (Wildman–Crippen LogP) is 3.15. The number of nitrogens with zero attached hydrogens (tertiary/aromatic N) is 1. The lowest BCUT2D eigenvalue weighted by molar-refractivity contribution is -0.118. The number of carbonyl (C=O) groups is 1. The SMILES string of the molecule is CN=C(NCc1ccc(NC(=O)C(C)C)cc1)NCc1ccccc1OC. The Balaban J connectivity index is 1.86. The first-order chi connectivity index (χ1) is 13.0. The molecule has 0 aliphatic rings. The van der Waals surface area contributed by atoms with Crippen LogP contribution in [-0.4, -0.2) is 26.0 Å². The highest BCUT2D eigenvalue weighted by Gasteiger charge is 2.07. The van der Waals surface area contributed by atoms with E-state index >= 15 is 0 Å². The van der Waals surface area contributed by atoms with Gasteiger partial charge in [-0.15, -0.1) is 0 Å². The van der Waals surface area contributed by atoms with Gasteiger partial charge in [-0.2, -0.15) is 0 Å². The third kappa shape index (κ3) is 6.33. The lowest BCUT2D eigenvalue weighted by atomic mass is 10.1. The zero-order valence-electron chi connectivity index (χ0n) is 16.4. The first-order valence-electron chi connectivity index (χ1n) is 8.99. The van der Waals surface area contributed by atoms with Crippen LogP contribution in [0.2, 0.25) is 0 Å². The Hall–Kier alpha value is -3.02. The molecule has 0 fully saturated rings. The van der Waals surface area contributed by atoms with Crippen LogP contribution >= 0.6 is 0 Å². The van der Waals surface area contributed by atoms with Gasteiger partial charge in [0, 0.05) is 37.3 Å². The van der Waals surface area contributed by atoms with Crippen LogP contribution in [0.1, 0.15) is 25.0 Å². The molecule has 2 aromatic rings. The van der Waals surface area contributed by atoms with Gasteiger partial charge < -0.3 is 20.7 Å². The number of methoxy groups -OCH3 is 1. The van der Waals surface area contributed by atoms with Gasteiger partial charge >= 0.3 is 0 Å². The maximum Gasteiger partial charge on any atom is 0.226 e. The van der Waals surface area contributed by atoms with Gasteiger partial charge in [0.2, 0.25) is 5.91 Å². The zero-order chi connectivity index (χ0) is 19.6. The van der Waals surface area contributed by atoms with Crippen LogP contribution in [0.15, 0.2) is 53.5 Å². The molecular weight excluding hydrogens is 340 g/mol. The van der Waals surface area contributed by atoms with E-state index in [1.807, 2.05) is 62.4 Å². The second kappa shape index (κ2) is 10.2. The number of guanidine groups is 1. The van der Waals surface area contributed by atoms with Crippen LogP contribution in [0.25, 0.3) is 0 Å². The van der Waals surface area contributed by atoms with Gasteiger partial charge in [0.15, 0.2) is 5.96 Å². The molecule has 27 heavy (non-hydrogen) atoms. The molecular formula is C21H28N4O2. The van der Waals surface area contributed by atoms with E-state index < -0.39 is 0 Å². The summed E-state index contributed by atoms with van der Waals surface area (Å²) < 4.78 is 5.36. The number of hydrogen-bond donors (Lipinski definition) is 3. The topological polar surface area (TPSA) is 74.8 Å². The minimum Gasteiger partial charge on any atom is -0.496 e. The Bertz CT molecular complexity index is 770. The van der Waals surface area contributed by atoms with Crippen molar-refractivity contribution in [1.82, 2.24) is 10.6 Å². The summed E-state index contributed by atoms with van der Waals surface area (Å²) in [5.74, 6) is 1.53. The van der Waals surface area contributed by atoms with Crippen molar-refractivity contribution in [3.63, 3.8) is 0 Å². The average Bonchev–Trinajstić information content (AvgIpc) is 2.69. The Morgan fingerprint density at radius 1 is 1.04 bits per heavy atom. The highest BCUT2D eigenvalue weighted by Crippen LogP contribution is 2.16. The Kier molecular flexibility index (Phi) is 7.67. The van der Waals surface area contributed by atoms with Crippen LogP contribution in [0, 0.1) is 5.92 Å². The summed E-state index contributed by atoms with van der Waals surface area (Å²) in [6.07, 6.45) is 0. The highest BCUT2D eigenvalue weighted by atomic mass is 16.5. The Morgan fingerprint density at radius 3 is 2.33 bits per heavy atom. The molecule has 2 rings (SSSR count). The van der Waals surface area contributed by atoms with E-state index in [-0.39, 0.29) is 11.8 Å². The maximum atomic E-state index is 11.7. The Labute approximate surface area is 161 Å². The van der Waals surface area contributed by atoms with Crippen molar-refractivity contribution >= 4 is 17.6 Å². The van der Waals surface area contributed by atoms with Gasteiger partial charge in [0.25, 0.3) is 0 Å². The van der Waals surface area contributed by atoms with Gasteiger partial charge in [0.1, 0.15) is 5.75 Å². The van der Waals surface area contributed by atoms with Gasteiger partial charge in [0.05, 0.1) is 7.11 Å². The maximum absolute atomic E-state index is 11.7. The third-order valence-electron chi connectivity index (χ3n) is 4.07. The molecule has 0 unspecified atom stereocenters. The summed E-state index contributed by atoms with van der Waals surface area (Å²) in [6.45, 7) is 4.99. The van der Waals surface area contributed by atoms with Gasteiger partial charge in [-0.1, -0.05) is 44.2 Å². The molecule has 0 bridgehead atoms. The van der Waals surface area contributed by atoms with Crippen molar-refractivity contribution < 1.29 is 9.53 Å². The van der Waals surface area contributed by atoms with Crippen LogP contribution in [0.4, 0.5) is 5.69 Å². The molecule has 1 amide bonds. The molecule has 0 spiro atoms. The molecule has 0 aliphatic carbocycles. The summed E-state index contributed by atoms with van der Waals surface area (Å²) >= 11 is 0. The fourth-order valence-electron chi connectivity index (χ4n) is 2.43. The molecule has 0 radical (unpaired) electrons. The monoisotopic (exact) mass is 368 g/mol. The molecule has 6 nitrogen and oxygen atoms in total. The van der Waals surface area contributed by atoms with Crippen molar-refractivity contribution in [3.8, 4) is 5.75 Å². The summed E-state index contributed by atoms with van der Waals surface area (Å²) in [5.41, 5.74) is 2.96. The second-order valence-corrected chi connectivity index (χ2v) is 6.43. The number of aliphatic imine (C=N–C) groups is 1. The normalized spacial score (nSPS) is 11.2. The van der Waals surface area contributed by atoms with E-state index in [0.717, 1.165) is 22.6 Å². The van der Waals surface area contributed by atoms with Crippen molar-refractivity contribution in [2.45, 2.75) is 26.9 Å². The zero-order valence-corrected chi connectivity index (χ0v) is 16.4. The molecule has 2 aromatic carbocycles. The minimum absolute atomic E-state index is 0.0156. The van der Waals surface area contributed by atoms with E-state index in [0.29, 0.717) is 19.0 Å². The number of para-hydroxylation sites is 1. The highest BCUT2D eigenvalue weighted by molar-refractivity contribution is 5.92. The second-order valence-electron chi connectivity index (χ2n) is 6.43. The van der Waals surface area contributed by atoms with E-state index in [1.165, 1.54) is 0 Å². The molecule has 0 heterocycles. The summed E-state index contributed by atoms with van der Waals surface area (Å²) in [7, 11) is 3.40. The van der Waals surface area contributed by atoms with Crippen molar-refractivity contribution in [2.75, 3.05) is 19.5 Å². The van der Waals surface area contributed by atoms with Crippen molar-refractivity contribution in [1.29, 1.82) is 0 Å². The molecule has 0 aliphatic heterocycles. The van der Waals surface area contributed by atoms with E-state index in [2.05, 4.69) is 20.9 Å². The molecule has 0 atom stereocenters. The molecule has 0 saturated heterocycles. The minimum atomic E-state index is -0.0380. The van der Waals surface area contributed by atoms with Gasteiger partial charge in [-0.05, 0) is 23.8 Å². The number of carbonyl (C=O) groups excluding carboxylic acids is 1. The number of rotatable bonds is 7. The average molecular weight is 368 g/mol. The molecule has 0 aromatic heterocycles. The van der Waals surface area contributed by atoms with E-state index in [1.54, 1.807) is 14.2 Å². The largest absolute Gasteiger partial charge is 0.496 e. The summed E-state index contributed by atoms with van der Waals surface area (Å²) in [5, 5.41) is 9.45. The molecule has 3 N–H and O–H groups in total. The van der Waals surface area contributed by atoms with Crippen LogP contribution in [-0.2, 0) is 17.9 Å². The number of anilines is 1. The third-order valence-corrected chi connectivity index (χ3v) is 4.07. The summed E-state index contributed by atoms with van der Waals surface area (Å²) in [4.78, 5) is 16.0. The number of nitrogens with one attached hydrogen (secondary N) is 3. The van der Waals surface area contributed by atoms with E-state index in [4.69, 9.17) is 4.74 Å². The van der Waals surface area contributed by atoms with Crippen LogP contribution in [0.5, 0.6) is 5.75 Å². The van der Waals surface area contributed by atoms with E-state index in [9.17, 15) is 4.79 Å². The standard InChI is InChI=1S/C21H28N4O2/c1-15(2)20(26)25-18-11-9-16(10-12-18)13-23-21(22-3)24-14-17-7-5-6-8-19(17)27-4/h5-12,15H,13-14H2,1-4H3,(H,25,26)(H2,22,23,24). The van der Waals surface area contributed by atoms with Crippen molar-refractivity contribution in [2.24, 2.45) is 10.9 Å². The number of hydrogen-bond acceptors (Lipinski definition) is 3. The van der Waals surface area contributed by atoms with Crippen molar-refractivity contribution in [3.05, 3.63) is 59.7 Å². The predicted molar refractivity (Wildman–Crippen MR) is 110 cm³/mol. The van der Waals surface area contributed by atoms with Crippen LogP contribution in [0.3, 0.4) is 0 Å². The number of ether oxygens (including phenoxy) is 1. The first kappa shape index (κ1) is 20.3. The van der Waals surface area contributed by atoms with Crippen LogP contribution < -0.4 is 20.7 Å². The fraction of sp³-hybridized carbons (Fsp3) is 0.333. The molecule has 144 valence electrons. The van der Waals surface area contributed by atoms with Gasteiger partial charge in [-0.25, -0.2) is 0 Å². The smallest absolute Gasteiger partial charge is 0.226 e. The number of benzene rings is 2. The lowest BCUT2D eigenvalue weighted by Gasteiger charge is -2.14. The first-order valence-corrected chi connectivity index (χ1v) is 8.99. The lowest BCUT2D eigenvalue weighted by Crippen LogP contribution is -2.36. The molecule has 6 heteroatoms. The summed E-state index contributed by atoms with van der Waals surface area (Å²) in [6, 6.07) is 15.7. The Morgan fingerprint density at radius 2 is 1.70 bits per heavy atom. The molecule has 0 saturated carbocycles. The fourth-order valence-corrected chi connectivity index (χ4v) is 2.43. The van der Waals surface area contributed by atoms with Gasteiger partial charge in [-0.3, -0.25) is 9.79 Å². The number of amides is 1. The quantitative estimate of drug-likeness (QED) is 0.518.